The van der Waals surface area contributed by atoms with Crippen LogP contribution in [0.2, 0.25) is 0 Å². The first-order chi connectivity index (χ1) is 8.27. The maximum absolute atomic E-state index is 11.6. The van der Waals surface area contributed by atoms with E-state index in [1.165, 1.54) is 12.7 Å². The van der Waals surface area contributed by atoms with Crippen molar-refractivity contribution in [1.29, 1.82) is 0 Å². The monoisotopic (exact) mass is 271 g/mol. The molecule has 1 atom stereocenters. The zero-order chi connectivity index (χ0) is 12.5. The van der Waals surface area contributed by atoms with Gasteiger partial charge in [0.15, 0.2) is 0 Å². The van der Waals surface area contributed by atoms with Crippen molar-refractivity contribution < 1.29 is 9.53 Å². The molecule has 0 spiro atoms. The molecule has 18 heavy (non-hydrogen) atoms. The van der Waals surface area contributed by atoms with Crippen LogP contribution in [-0.4, -0.2) is 19.1 Å². The third-order valence-electron chi connectivity index (χ3n) is 2.73. The lowest BCUT2D eigenvalue weighted by molar-refractivity contribution is -0.143. The van der Waals surface area contributed by atoms with Crippen LogP contribution < -0.4 is 5.32 Å². The Balaban J connectivity index is 0.00000289. The Morgan fingerprint density at radius 3 is 2.56 bits per heavy atom. The van der Waals surface area contributed by atoms with Gasteiger partial charge in [-0.1, -0.05) is 50.1 Å². The summed E-state index contributed by atoms with van der Waals surface area (Å²) in [6, 6.07) is 9.87. The van der Waals surface area contributed by atoms with E-state index >= 15 is 0 Å². The Hall–Kier alpha value is -1.06. The van der Waals surface area contributed by atoms with E-state index in [2.05, 4.69) is 12.2 Å². The van der Waals surface area contributed by atoms with E-state index < -0.39 is 0 Å². The highest BCUT2D eigenvalue weighted by molar-refractivity contribution is 5.85. The van der Waals surface area contributed by atoms with E-state index in [1.807, 2.05) is 30.3 Å². The van der Waals surface area contributed by atoms with E-state index in [-0.39, 0.29) is 24.4 Å². The van der Waals surface area contributed by atoms with Crippen LogP contribution in [0.4, 0.5) is 0 Å². The molecule has 0 fully saturated rings. The lowest BCUT2D eigenvalue weighted by Gasteiger charge is -2.16. The van der Waals surface area contributed by atoms with Gasteiger partial charge < -0.3 is 10.1 Å². The second kappa shape index (κ2) is 9.92. The highest BCUT2D eigenvalue weighted by atomic mass is 35.5. The molecule has 4 heteroatoms. The average molecular weight is 272 g/mol. The van der Waals surface area contributed by atoms with Crippen molar-refractivity contribution in [3.8, 4) is 0 Å². The summed E-state index contributed by atoms with van der Waals surface area (Å²) in [4.78, 5) is 11.6. The van der Waals surface area contributed by atoms with Crippen LogP contribution >= 0.6 is 12.4 Å². The van der Waals surface area contributed by atoms with Crippen LogP contribution in [0.3, 0.4) is 0 Å². The number of hydrogen-bond acceptors (Lipinski definition) is 3. The van der Waals surface area contributed by atoms with Gasteiger partial charge in [-0.05, 0) is 12.0 Å². The van der Waals surface area contributed by atoms with Gasteiger partial charge >= 0.3 is 5.97 Å². The molecular formula is C14H22ClNO2. The topological polar surface area (TPSA) is 38.3 Å². The molecule has 1 unspecified atom stereocenters. The van der Waals surface area contributed by atoms with E-state index in [0.717, 1.165) is 19.3 Å². The van der Waals surface area contributed by atoms with Crippen LogP contribution in [0, 0.1) is 0 Å². The number of hydrogen-bond donors (Lipinski definition) is 1. The number of benzene rings is 1. The third kappa shape index (κ3) is 6.03. The van der Waals surface area contributed by atoms with Gasteiger partial charge in [-0.15, -0.1) is 12.4 Å². The number of carbonyl (C=O) groups is 1. The second-order valence-electron chi connectivity index (χ2n) is 4.08. The van der Waals surface area contributed by atoms with Gasteiger partial charge in [0, 0.05) is 6.54 Å². The third-order valence-corrected chi connectivity index (χ3v) is 2.73. The van der Waals surface area contributed by atoms with Gasteiger partial charge in [0.1, 0.15) is 6.04 Å². The molecule has 0 bridgehead atoms. The fraction of sp³-hybridized carbons (Fsp3) is 0.500. The minimum absolute atomic E-state index is 0. The number of ether oxygens (including phenoxy) is 1. The van der Waals surface area contributed by atoms with Crippen LogP contribution in [0.25, 0.3) is 0 Å². The van der Waals surface area contributed by atoms with Gasteiger partial charge in [-0.2, -0.15) is 0 Å². The van der Waals surface area contributed by atoms with Crippen LogP contribution in [0.5, 0.6) is 0 Å². The number of methoxy groups -OCH3 is 1. The Morgan fingerprint density at radius 1 is 1.33 bits per heavy atom. The molecule has 3 nitrogen and oxygen atoms in total. The lowest BCUT2D eigenvalue weighted by Crippen LogP contribution is -2.37. The number of esters is 1. The van der Waals surface area contributed by atoms with Gasteiger partial charge in [-0.3, -0.25) is 4.79 Å². The normalized spacial score (nSPS) is 11.4. The molecule has 1 rings (SSSR count). The molecule has 0 amide bonds. The minimum Gasteiger partial charge on any atom is -0.468 e. The summed E-state index contributed by atoms with van der Waals surface area (Å²) in [5.41, 5.74) is 1.18. The molecule has 0 radical (unpaired) electrons. The van der Waals surface area contributed by atoms with Crippen molar-refractivity contribution >= 4 is 18.4 Å². The molecule has 0 aliphatic rings. The Morgan fingerprint density at radius 2 is 2.00 bits per heavy atom. The number of rotatable bonds is 7. The highest BCUT2D eigenvalue weighted by Gasteiger charge is 2.17. The fourth-order valence-electron chi connectivity index (χ4n) is 1.69. The minimum atomic E-state index is -0.194. The summed E-state index contributed by atoms with van der Waals surface area (Å²) < 4.78 is 4.80. The lowest BCUT2D eigenvalue weighted by atomic mass is 10.1. The maximum Gasteiger partial charge on any atom is 0.322 e. The quantitative estimate of drug-likeness (QED) is 0.775. The summed E-state index contributed by atoms with van der Waals surface area (Å²) >= 11 is 0. The van der Waals surface area contributed by atoms with Gasteiger partial charge in [0.25, 0.3) is 0 Å². The molecule has 0 aliphatic heterocycles. The standard InChI is InChI=1S/C14H21NO2.ClH/c1-3-4-10-13(14(16)17-2)15-11-12-8-6-5-7-9-12;/h5-9,13,15H,3-4,10-11H2,1-2H3;1H. The first-order valence-electron chi connectivity index (χ1n) is 6.13. The van der Waals surface area contributed by atoms with Crippen molar-refractivity contribution in [2.75, 3.05) is 7.11 Å². The SMILES string of the molecule is CCCCC(NCc1ccccc1)C(=O)OC.Cl. The summed E-state index contributed by atoms with van der Waals surface area (Å²) in [6.07, 6.45) is 2.94. The molecule has 0 aliphatic carbocycles. The van der Waals surface area contributed by atoms with Gasteiger partial charge in [0.2, 0.25) is 0 Å². The van der Waals surface area contributed by atoms with Gasteiger partial charge in [-0.25, -0.2) is 0 Å². The summed E-state index contributed by atoms with van der Waals surface area (Å²) in [5.74, 6) is -0.172. The molecule has 0 aromatic heterocycles. The Bertz CT molecular complexity index is 330. The maximum atomic E-state index is 11.6. The first kappa shape index (κ1) is 16.9. The number of nitrogens with one attached hydrogen (secondary N) is 1. The predicted octanol–water partition coefficient (Wildman–Crippen LogP) is 2.93. The van der Waals surface area contributed by atoms with Crippen molar-refractivity contribution in [3.05, 3.63) is 35.9 Å². The van der Waals surface area contributed by atoms with Crippen LogP contribution in [0.1, 0.15) is 31.7 Å². The van der Waals surface area contributed by atoms with E-state index in [9.17, 15) is 4.79 Å². The zero-order valence-electron chi connectivity index (χ0n) is 11.0. The molecule has 0 saturated carbocycles. The largest absolute Gasteiger partial charge is 0.468 e. The molecule has 1 aromatic carbocycles. The van der Waals surface area contributed by atoms with Crippen molar-refractivity contribution in [2.24, 2.45) is 0 Å². The van der Waals surface area contributed by atoms with E-state index in [1.54, 1.807) is 0 Å². The van der Waals surface area contributed by atoms with Crippen molar-refractivity contribution in [1.82, 2.24) is 5.32 Å². The summed E-state index contributed by atoms with van der Waals surface area (Å²) in [7, 11) is 1.44. The number of carbonyl (C=O) groups excluding carboxylic acids is 1. The Kier molecular flexibility index (Phi) is 9.33. The number of unbranched alkanes of at least 4 members (excludes halogenated alkanes) is 1. The molecular weight excluding hydrogens is 250 g/mol. The van der Waals surface area contributed by atoms with Crippen LogP contribution in [0.15, 0.2) is 30.3 Å². The molecule has 102 valence electrons. The molecule has 1 aromatic rings. The fourth-order valence-corrected chi connectivity index (χ4v) is 1.69. The summed E-state index contributed by atoms with van der Waals surface area (Å²) in [5, 5.41) is 3.25. The van der Waals surface area contributed by atoms with Gasteiger partial charge in [0.05, 0.1) is 7.11 Å². The predicted molar refractivity (Wildman–Crippen MR) is 75.9 cm³/mol. The van der Waals surface area contributed by atoms with E-state index in [4.69, 9.17) is 4.74 Å². The molecule has 1 N–H and O–H groups in total. The molecule has 0 heterocycles. The van der Waals surface area contributed by atoms with Crippen molar-refractivity contribution in [2.45, 2.75) is 38.8 Å². The van der Waals surface area contributed by atoms with Crippen molar-refractivity contribution in [3.63, 3.8) is 0 Å². The molecule has 0 saturated heterocycles. The highest BCUT2D eigenvalue weighted by Crippen LogP contribution is 2.05. The van der Waals surface area contributed by atoms with Crippen LogP contribution in [-0.2, 0) is 16.1 Å². The Labute approximate surface area is 115 Å². The summed E-state index contributed by atoms with van der Waals surface area (Å²) in [6.45, 7) is 2.82. The average Bonchev–Trinajstić information content (AvgIpc) is 2.39. The first-order valence-corrected chi connectivity index (χ1v) is 6.13. The smallest absolute Gasteiger partial charge is 0.322 e. The second-order valence-corrected chi connectivity index (χ2v) is 4.08. The van der Waals surface area contributed by atoms with E-state index in [0.29, 0.717) is 6.54 Å². The number of halogens is 1. The zero-order valence-corrected chi connectivity index (χ0v) is 11.8.